The zero-order chi connectivity index (χ0) is 26.1. The number of carbonyl (C=O) groups is 1. The molecule has 0 bridgehead atoms. The van der Waals surface area contributed by atoms with Crippen LogP contribution in [0, 0.1) is 0 Å². The van der Waals surface area contributed by atoms with Gasteiger partial charge in [0, 0.05) is 22.3 Å². The lowest BCUT2D eigenvalue weighted by Gasteiger charge is -2.17. The van der Waals surface area contributed by atoms with Gasteiger partial charge in [-0.05, 0) is 69.1 Å². The van der Waals surface area contributed by atoms with Crippen LogP contribution >= 0.6 is 0 Å². The number of hydrogen-bond acceptors (Lipinski definition) is 3. The summed E-state index contributed by atoms with van der Waals surface area (Å²) in [5.74, 6) is 1.54. The van der Waals surface area contributed by atoms with Crippen molar-refractivity contribution in [3.8, 4) is 33.8 Å². The van der Waals surface area contributed by atoms with Crippen LogP contribution in [-0.2, 0) is 0 Å². The first-order valence-electron chi connectivity index (χ1n) is 12.5. The van der Waals surface area contributed by atoms with Gasteiger partial charge < -0.3 is 9.47 Å². The fraction of sp³-hybridized carbons (Fsp3) is 0.0571. The van der Waals surface area contributed by atoms with Crippen molar-refractivity contribution < 1.29 is 14.3 Å². The Kier molecular flexibility index (Phi) is 6.11. The van der Waals surface area contributed by atoms with Crippen molar-refractivity contribution in [2.24, 2.45) is 0 Å². The highest BCUT2D eigenvalue weighted by Crippen LogP contribution is 2.38. The first-order valence-corrected chi connectivity index (χ1v) is 12.5. The molecule has 0 atom stereocenters. The van der Waals surface area contributed by atoms with E-state index in [4.69, 9.17) is 9.47 Å². The van der Waals surface area contributed by atoms with Gasteiger partial charge in [0.25, 0.3) is 0 Å². The third-order valence-electron chi connectivity index (χ3n) is 7.10. The van der Waals surface area contributed by atoms with Crippen LogP contribution in [0.5, 0.6) is 11.5 Å². The fourth-order valence-electron chi connectivity index (χ4n) is 5.20. The van der Waals surface area contributed by atoms with Crippen molar-refractivity contribution in [2.75, 3.05) is 14.2 Å². The van der Waals surface area contributed by atoms with Crippen molar-refractivity contribution in [3.05, 3.63) is 132 Å². The van der Waals surface area contributed by atoms with E-state index in [1.165, 1.54) is 0 Å². The summed E-state index contributed by atoms with van der Waals surface area (Å²) in [7, 11) is 3.31. The molecule has 0 saturated carbocycles. The van der Waals surface area contributed by atoms with E-state index < -0.39 is 0 Å². The predicted molar refractivity (Wildman–Crippen MR) is 155 cm³/mol. The minimum Gasteiger partial charge on any atom is -0.497 e. The Morgan fingerprint density at radius 1 is 0.474 bits per heavy atom. The van der Waals surface area contributed by atoms with Gasteiger partial charge in [0.15, 0.2) is 5.78 Å². The maximum absolute atomic E-state index is 14.5. The second-order valence-electron chi connectivity index (χ2n) is 9.20. The van der Waals surface area contributed by atoms with Crippen LogP contribution < -0.4 is 9.47 Å². The Morgan fingerprint density at radius 2 is 0.868 bits per heavy atom. The van der Waals surface area contributed by atoms with Crippen LogP contribution in [0.15, 0.2) is 121 Å². The molecular weight excluding hydrogens is 468 g/mol. The van der Waals surface area contributed by atoms with Gasteiger partial charge in [-0.15, -0.1) is 0 Å². The molecule has 6 aromatic rings. The number of ketones is 1. The number of rotatable bonds is 6. The van der Waals surface area contributed by atoms with Crippen molar-refractivity contribution >= 4 is 27.3 Å². The minimum absolute atomic E-state index is 0.0156. The summed E-state index contributed by atoms with van der Waals surface area (Å²) < 4.78 is 10.8. The van der Waals surface area contributed by atoms with E-state index in [1.54, 1.807) is 14.2 Å². The summed E-state index contributed by atoms with van der Waals surface area (Å²) in [5.41, 5.74) is 5.11. The van der Waals surface area contributed by atoms with Crippen molar-refractivity contribution in [1.29, 1.82) is 0 Å². The molecule has 0 unspecified atom stereocenters. The maximum Gasteiger partial charge on any atom is 0.194 e. The van der Waals surface area contributed by atoms with Gasteiger partial charge >= 0.3 is 0 Å². The lowest BCUT2D eigenvalue weighted by molar-refractivity contribution is 0.104. The van der Waals surface area contributed by atoms with Gasteiger partial charge in [0.05, 0.1) is 14.2 Å². The van der Waals surface area contributed by atoms with Gasteiger partial charge in [-0.25, -0.2) is 0 Å². The topological polar surface area (TPSA) is 35.5 Å². The molecule has 184 valence electrons. The lowest BCUT2D eigenvalue weighted by atomic mass is 9.85. The molecule has 0 aliphatic rings. The molecule has 0 saturated heterocycles. The maximum atomic E-state index is 14.5. The Morgan fingerprint density at radius 3 is 1.26 bits per heavy atom. The molecule has 0 aliphatic heterocycles. The van der Waals surface area contributed by atoms with Crippen molar-refractivity contribution in [2.45, 2.75) is 0 Å². The van der Waals surface area contributed by atoms with E-state index >= 15 is 0 Å². The number of methoxy groups -OCH3 is 2. The molecule has 3 nitrogen and oxygen atoms in total. The number of ether oxygens (including phenoxy) is 2. The average molecular weight is 495 g/mol. The summed E-state index contributed by atoms with van der Waals surface area (Å²) in [4.78, 5) is 14.5. The second-order valence-corrected chi connectivity index (χ2v) is 9.20. The number of fused-ring (bicyclic) bond motifs is 2. The second kappa shape index (κ2) is 9.87. The van der Waals surface area contributed by atoms with Crippen LogP contribution in [0.4, 0.5) is 0 Å². The lowest BCUT2D eigenvalue weighted by Crippen LogP contribution is -2.07. The highest BCUT2D eigenvalue weighted by molar-refractivity contribution is 6.22. The number of carbonyl (C=O) groups excluding carboxylic acids is 1. The largest absolute Gasteiger partial charge is 0.497 e. The van der Waals surface area contributed by atoms with Crippen LogP contribution in [-0.4, -0.2) is 20.0 Å². The molecule has 0 aromatic heterocycles. The SMILES string of the molecule is COc1ccc(-c2c(C(=O)c3ccc4ccccc4c3-c3ccc(OC)cc3)ccc3ccccc23)cc1. The first-order chi connectivity index (χ1) is 18.7. The Bertz CT molecular complexity index is 1650. The van der Waals surface area contributed by atoms with E-state index in [1.807, 2.05) is 97.1 Å². The standard InChI is InChI=1S/C35H26O3/c1-37-27-17-11-25(12-18-27)33-29-9-5-3-7-23(29)15-21-31(33)35(36)32-22-16-24-8-4-6-10-30(24)34(32)26-13-19-28(38-2)20-14-26/h3-22H,1-2H3. The Labute approximate surface area is 221 Å². The summed E-state index contributed by atoms with van der Waals surface area (Å²) in [6.07, 6.45) is 0. The molecule has 0 amide bonds. The summed E-state index contributed by atoms with van der Waals surface area (Å²) in [5, 5.41) is 4.25. The van der Waals surface area contributed by atoms with E-state index in [-0.39, 0.29) is 5.78 Å². The fourth-order valence-corrected chi connectivity index (χ4v) is 5.20. The summed E-state index contributed by atoms with van der Waals surface area (Å²) in [6.45, 7) is 0. The van der Waals surface area contributed by atoms with E-state index in [9.17, 15) is 4.79 Å². The van der Waals surface area contributed by atoms with Gasteiger partial charge in [0.1, 0.15) is 11.5 Å². The van der Waals surface area contributed by atoms with Crippen LogP contribution in [0.3, 0.4) is 0 Å². The Hall–Kier alpha value is -4.89. The molecule has 0 heterocycles. The summed E-state index contributed by atoms with van der Waals surface area (Å²) >= 11 is 0. The zero-order valence-electron chi connectivity index (χ0n) is 21.3. The highest BCUT2D eigenvalue weighted by Gasteiger charge is 2.22. The van der Waals surface area contributed by atoms with Crippen LogP contribution in [0.2, 0.25) is 0 Å². The number of benzene rings is 6. The van der Waals surface area contributed by atoms with E-state index in [0.717, 1.165) is 55.3 Å². The van der Waals surface area contributed by atoms with Crippen molar-refractivity contribution in [3.63, 3.8) is 0 Å². The molecular formula is C35H26O3. The molecule has 3 heteroatoms. The minimum atomic E-state index is -0.0156. The molecule has 0 spiro atoms. The van der Waals surface area contributed by atoms with Crippen LogP contribution in [0.25, 0.3) is 43.8 Å². The quantitative estimate of drug-likeness (QED) is 0.218. The first kappa shape index (κ1) is 23.5. The third-order valence-corrected chi connectivity index (χ3v) is 7.10. The summed E-state index contributed by atoms with van der Waals surface area (Å²) in [6, 6.07) is 40.2. The molecule has 0 N–H and O–H groups in total. The number of hydrogen-bond donors (Lipinski definition) is 0. The molecule has 38 heavy (non-hydrogen) atoms. The monoisotopic (exact) mass is 494 g/mol. The van der Waals surface area contributed by atoms with Gasteiger partial charge in [-0.3, -0.25) is 4.79 Å². The Balaban J connectivity index is 1.61. The van der Waals surface area contributed by atoms with Gasteiger partial charge in [-0.1, -0.05) is 84.9 Å². The van der Waals surface area contributed by atoms with Crippen molar-refractivity contribution in [1.82, 2.24) is 0 Å². The van der Waals surface area contributed by atoms with E-state index in [0.29, 0.717) is 11.1 Å². The van der Waals surface area contributed by atoms with Gasteiger partial charge in [-0.2, -0.15) is 0 Å². The van der Waals surface area contributed by atoms with Crippen LogP contribution in [0.1, 0.15) is 15.9 Å². The van der Waals surface area contributed by atoms with E-state index in [2.05, 4.69) is 24.3 Å². The highest BCUT2D eigenvalue weighted by atomic mass is 16.5. The normalized spacial score (nSPS) is 11.0. The third kappa shape index (κ3) is 4.08. The predicted octanol–water partition coefficient (Wildman–Crippen LogP) is 8.58. The molecule has 0 aliphatic carbocycles. The molecule has 6 rings (SSSR count). The molecule has 0 radical (unpaired) electrons. The average Bonchev–Trinajstić information content (AvgIpc) is 2.99. The smallest absolute Gasteiger partial charge is 0.194 e. The zero-order valence-corrected chi connectivity index (χ0v) is 21.3. The van der Waals surface area contributed by atoms with Gasteiger partial charge in [0.2, 0.25) is 0 Å². The molecule has 0 fully saturated rings. The molecule has 6 aromatic carbocycles.